The molecule has 144 valence electrons. The molecule has 2 amide bonds. The van der Waals surface area contributed by atoms with Gasteiger partial charge in [-0.2, -0.15) is 0 Å². The number of carbonyl (C=O) groups is 3. The average molecular weight is 389 g/mol. The molecule has 3 rings (SSSR count). The number of hydrogen-bond acceptors (Lipinski definition) is 6. The number of benzene rings is 1. The highest BCUT2D eigenvalue weighted by atomic mass is 32.2. The van der Waals surface area contributed by atoms with Crippen LogP contribution in [0.15, 0.2) is 43.0 Å². The van der Waals surface area contributed by atoms with Crippen molar-refractivity contribution in [3.8, 4) is 0 Å². The molecular formula is C19H23N3O4S. The summed E-state index contributed by atoms with van der Waals surface area (Å²) in [4.78, 5) is 38.8. The van der Waals surface area contributed by atoms with Crippen molar-refractivity contribution in [3.63, 3.8) is 0 Å². The largest absolute Gasteiger partial charge is 0.446 e. The number of carbonyl (C=O) groups excluding carboxylic acids is 3. The number of nitrogens with one attached hydrogen (secondary N) is 1. The van der Waals surface area contributed by atoms with Crippen LogP contribution in [0.4, 0.5) is 0 Å². The van der Waals surface area contributed by atoms with Crippen molar-refractivity contribution in [1.82, 2.24) is 10.2 Å². The molecule has 2 heterocycles. The van der Waals surface area contributed by atoms with Gasteiger partial charge >= 0.3 is 5.97 Å². The number of amides is 2. The number of hydrogen-bond donors (Lipinski definition) is 2. The Bertz CT molecular complexity index is 755. The maximum atomic E-state index is 12.5. The van der Waals surface area contributed by atoms with Crippen LogP contribution < -0.4 is 11.1 Å². The van der Waals surface area contributed by atoms with Crippen LogP contribution in [-0.2, 0) is 25.5 Å². The monoisotopic (exact) mass is 389 g/mol. The second-order valence-electron chi connectivity index (χ2n) is 6.85. The Morgan fingerprint density at radius 1 is 1.48 bits per heavy atom. The number of rotatable bonds is 6. The van der Waals surface area contributed by atoms with Crippen molar-refractivity contribution < 1.29 is 19.1 Å². The minimum absolute atomic E-state index is 0.184. The first-order valence-corrected chi connectivity index (χ1v) is 9.77. The van der Waals surface area contributed by atoms with Crippen LogP contribution in [0.1, 0.15) is 12.5 Å². The second-order valence-corrected chi connectivity index (χ2v) is 7.95. The average Bonchev–Trinajstić information content (AvgIpc) is 2.65. The van der Waals surface area contributed by atoms with Gasteiger partial charge in [0.15, 0.2) is 0 Å². The van der Waals surface area contributed by atoms with Crippen LogP contribution in [0.2, 0.25) is 0 Å². The van der Waals surface area contributed by atoms with Crippen molar-refractivity contribution in [2.45, 2.75) is 31.0 Å². The Balaban J connectivity index is 1.61. The van der Waals surface area contributed by atoms with Crippen LogP contribution in [0, 0.1) is 5.41 Å². The normalized spacial score (nSPS) is 27.8. The van der Waals surface area contributed by atoms with E-state index in [0.717, 1.165) is 5.56 Å². The summed E-state index contributed by atoms with van der Waals surface area (Å²) in [5.41, 5.74) is 5.45. The Kier molecular flexibility index (Phi) is 5.57. The van der Waals surface area contributed by atoms with Crippen molar-refractivity contribution in [2.24, 2.45) is 11.1 Å². The second kappa shape index (κ2) is 7.74. The molecule has 0 aliphatic carbocycles. The molecule has 2 aliphatic rings. The molecule has 4 atom stereocenters. The first kappa shape index (κ1) is 19.4. The number of esters is 1. The molecule has 8 heteroatoms. The molecule has 27 heavy (non-hydrogen) atoms. The van der Waals surface area contributed by atoms with Gasteiger partial charge in [-0.15, -0.1) is 18.3 Å². The fourth-order valence-electron chi connectivity index (χ4n) is 3.22. The summed E-state index contributed by atoms with van der Waals surface area (Å²) in [5, 5.41) is 2.62. The molecule has 7 nitrogen and oxygen atoms in total. The summed E-state index contributed by atoms with van der Waals surface area (Å²) in [5.74, 6) is -0.463. The van der Waals surface area contributed by atoms with Crippen molar-refractivity contribution in [2.75, 3.05) is 12.3 Å². The molecule has 0 spiro atoms. The van der Waals surface area contributed by atoms with Gasteiger partial charge in [0.1, 0.15) is 23.1 Å². The highest BCUT2D eigenvalue weighted by Crippen LogP contribution is 2.43. The Labute approximate surface area is 162 Å². The lowest BCUT2D eigenvalue weighted by atomic mass is 9.87. The van der Waals surface area contributed by atoms with E-state index in [9.17, 15) is 14.4 Å². The molecule has 1 aromatic carbocycles. The summed E-state index contributed by atoms with van der Waals surface area (Å²) < 4.78 is 5.13. The van der Waals surface area contributed by atoms with Gasteiger partial charge in [-0.3, -0.25) is 20.1 Å². The Hall–Kier alpha value is -2.32. The molecule has 0 radical (unpaired) electrons. The molecule has 2 aliphatic heterocycles. The predicted octanol–water partition coefficient (Wildman–Crippen LogP) is 0.649. The molecule has 3 N–H and O–H groups in total. The number of nitrogens with two attached hydrogens (primary N) is 1. The van der Waals surface area contributed by atoms with E-state index in [1.807, 2.05) is 30.3 Å². The maximum Gasteiger partial charge on any atom is 0.320 e. The van der Waals surface area contributed by atoms with E-state index in [2.05, 4.69) is 11.9 Å². The third-order valence-electron chi connectivity index (χ3n) is 4.72. The lowest BCUT2D eigenvalue weighted by molar-refractivity contribution is -0.162. The van der Waals surface area contributed by atoms with Gasteiger partial charge in [0.25, 0.3) is 0 Å². The van der Waals surface area contributed by atoms with E-state index in [-0.39, 0.29) is 30.2 Å². The van der Waals surface area contributed by atoms with E-state index in [1.165, 1.54) is 17.8 Å². The highest BCUT2D eigenvalue weighted by molar-refractivity contribution is 8.00. The van der Waals surface area contributed by atoms with Gasteiger partial charge in [0.05, 0.1) is 6.42 Å². The standard InChI is InChI=1S/C19H23N3O4S/c1-3-19(18(25)26-12(2)20)10-22-16(24)15(17(22)27-11-19)21-14(23)9-13-7-5-4-6-8-13/h3-8,12,15,17H,1,9-11,20H2,2H3,(H,21,23)/t12?,15?,17-,19?/m1/s1. The third kappa shape index (κ3) is 3.86. The fourth-order valence-corrected chi connectivity index (χ4v) is 4.75. The minimum Gasteiger partial charge on any atom is -0.446 e. The molecular weight excluding hydrogens is 366 g/mol. The molecule has 0 aromatic heterocycles. The smallest absolute Gasteiger partial charge is 0.320 e. The lowest BCUT2D eigenvalue weighted by Crippen LogP contribution is -2.73. The molecule has 0 saturated carbocycles. The van der Waals surface area contributed by atoms with Crippen LogP contribution in [0.25, 0.3) is 0 Å². The summed E-state index contributed by atoms with van der Waals surface area (Å²) in [6.45, 7) is 5.50. The van der Waals surface area contributed by atoms with Crippen LogP contribution >= 0.6 is 11.8 Å². The van der Waals surface area contributed by atoms with E-state index in [4.69, 9.17) is 10.5 Å². The Morgan fingerprint density at radius 2 is 2.19 bits per heavy atom. The zero-order valence-corrected chi connectivity index (χ0v) is 15.9. The first-order chi connectivity index (χ1) is 12.9. The predicted molar refractivity (Wildman–Crippen MR) is 102 cm³/mol. The fraction of sp³-hybridized carbons (Fsp3) is 0.421. The van der Waals surface area contributed by atoms with Crippen molar-refractivity contribution in [3.05, 3.63) is 48.6 Å². The van der Waals surface area contributed by atoms with Crippen LogP contribution in [0.5, 0.6) is 0 Å². The quantitative estimate of drug-likeness (QED) is 0.321. The van der Waals surface area contributed by atoms with E-state index in [1.54, 1.807) is 11.8 Å². The van der Waals surface area contributed by atoms with Gasteiger partial charge in [-0.1, -0.05) is 36.4 Å². The molecule has 0 bridgehead atoms. The van der Waals surface area contributed by atoms with Crippen LogP contribution in [-0.4, -0.2) is 52.6 Å². The van der Waals surface area contributed by atoms with Crippen molar-refractivity contribution in [1.29, 1.82) is 0 Å². The summed E-state index contributed by atoms with van der Waals surface area (Å²) >= 11 is 1.44. The maximum absolute atomic E-state index is 12.5. The van der Waals surface area contributed by atoms with Gasteiger partial charge in [-0.05, 0) is 12.5 Å². The molecule has 2 fully saturated rings. The topological polar surface area (TPSA) is 102 Å². The highest BCUT2D eigenvalue weighted by Gasteiger charge is 2.56. The number of thioether (sulfide) groups is 1. The third-order valence-corrected chi connectivity index (χ3v) is 6.27. The number of β-lactam (4-membered cyclic amide) rings is 1. The summed E-state index contributed by atoms with van der Waals surface area (Å²) in [6.07, 6.45) is 1.02. The van der Waals surface area contributed by atoms with E-state index in [0.29, 0.717) is 5.75 Å². The molecule has 2 saturated heterocycles. The lowest BCUT2D eigenvalue weighted by Gasteiger charge is -2.53. The van der Waals surface area contributed by atoms with Gasteiger partial charge < -0.3 is 15.0 Å². The van der Waals surface area contributed by atoms with Gasteiger partial charge in [0.2, 0.25) is 11.8 Å². The zero-order valence-electron chi connectivity index (χ0n) is 15.1. The van der Waals surface area contributed by atoms with E-state index < -0.39 is 23.7 Å². The first-order valence-electron chi connectivity index (χ1n) is 8.72. The number of fused-ring (bicyclic) bond motifs is 1. The zero-order chi connectivity index (χ0) is 19.6. The Morgan fingerprint density at radius 3 is 2.81 bits per heavy atom. The summed E-state index contributed by atoms with van der Waals surface area (Å²) in [7, 11) is 0. The SMILES string of the molecule is C=CC1(C(=O)OC(C)N)CS[C@@H]2C(NC(=O)Cc3ccccc3)C(=O)N2C1. The van der Waals surface area contributed by atoms with Crippen LogP contribution in [0.3, 0.4) is 0 Å². The molecule has 1 aromatic rings. The molecule has 3 unspecified atom stereocenters. The summed E-state index contributed by atoms with van der Waals surface area (Å²) in [6, 6.07) is 8.78. The minimum atomic E-state index is -0.983. The number of nitrogens with zero attached hydrogens (tertiary/aromatic N) is 1. The van der Waals surface area contributed by atoms with Gasteiger partial charge in [0, 0.05) is 12.3 Å². The van der Waals surface area contributed by atoms with Crippen molar-refractivity contribution >= 4 is 29.5 Å². The van der Waals surface area contributed by atoms with Gasteiger partial charge in [-0.25, -0.2) is 0 Å². The number of ether oxygens (including phenoxy) is 1. The van der Waals surface area contributed by atoms with E-state index >= 15 is 0 Å².